The summed E-state index contributed by atoms with van der Waals surface area (Å²) < 4.78 is 44.2. The maximum Gasteiger partial charge on any atom is 0.408 e. The molecule has 0 aliphatic carbocycles. The molecule has 0 amide bonds. The minimum Gasteiger partial charge on any atom is -0.425 e. The average Bonchev–Trinajstić information content (AvgIpc) is 2.63. The minimum atomic E-state index is -4.26. The van der Waals surface area contributed by atoms with E-state index in [1.54, 1.807) is 6.92 Å². The summed E-state index contributed by atoms with van der Waals surface area (Å²) in [5, 5.41) is 3.95. The second kappa shape index (κ2) is 4.51. The molecule has 0 N–H and O–H groups in total. The van der Waals surface area contributed by atoms with Gasteiger partial charge in [0.15, 0.2) is 0 Å². The summed E-state index contributed by atoms with van der Waals surface area (Å²) in [5.74, 6) is 0. The first-order chi connectivity index (χ1) is 8.91. The maximum atomic E-state index is 12.4. The number of nitrogens with zero attached hydrogens (tertiary/aromatic N) is 2. The van der Waals surface area contributed by atoms with Gasteiger partial charge in [-0.2, -0.15) is 18.3 Å². The fraction of sp³-hybridized carbons (Fsp3) is 0.769. The van der Waals surface area contributed by atoms with Crippen molar-refractivity contribution >= 4 is 12.4 Å². The van der Waals surface area contributed by atoms with E-state index in [1.165, 1.54) is 6.20 Å². The summed E-state index contributed by atoms with van der Waals surface area (Å²) in [5.41, 5.74) is 1.02. The van der Waals surface area contributed by atoms with Gasteiger partial charge in [0.05, 0.1) is 11.3 Å². The number of aromatic nitrogens is 2. The predicted octanol–water partition coefficient (Wildman–Crippen LogP) is 2.79. The highest BCUT2D eigenvalue weighted by molar-refractivity contribution is 6.68. The summed E-state index contributed by atoms with van der Waals surface area (Å²) in [4.78, 5) is 0. The van der Waals surface area contributed by atoms with Gasteiger partial charge in [-0.05, 0) is 38.0 Å². The first kappa shape index (κ1) is 15.4. The monoisotopic (exact) mass is 288 g/mol. The molecule has 0 unspecified atom stereocenters. The molecule has 0 spiro atoms. The molecule has 1 aliphatic rings. The Bertz CT molecular complexity index is 492. The number of hydrogen-bond acceptors (Lipinski definition) is 2. The van der Waals surface area contributed by atoms with Crippen LogP contribution in [0.4, 0.5) is 13.2 Å². The number of alkyl halides is 3. The zero-order valence-corrected chi connectivity index (χ0v) is 12.5. The first-order valence-corrected chi connectivity index (χ1v) is 6.70. The quantitative estimate of drug-likeness (QED) is 0.782. The Balaban J connectivity index is 2.23. The number of halogens is 3. The predicted molar refractivity (Wildman–Crippen MR) is 72.2 cm³/mol. The zero-order valence-electron chi connectivity index (χ0n) is 12.5. The van der Waals surface area contributed by atoms with Crippen molar-refractivity contribution in [2.45, 2.75) is 59.3 Å². The molecule has 3 nitrogen and oxygen atoms in total. The van der Waals surface area contributed by atoms with Crippen LogP contribution >= 0.6 is 0 Å². The largest absolute Gasteiger partial charge is 0.425 e. The van der Waals surface area contributed by atoms with Gasteiger partial charge in [0, 0.05) is 6.20 Å². The SMILES string of the molecule is Cc1nn(CC(F)(F)F)cc1B1CC(C)(C)C(C)(C)O1. The lowest BCUT2D eigenvalue weighted by molar-refractivity contribution is -0.142. The van der Waals surface area contributed by atoms with Crippen molar-refractivity contribution in [3.05, 3.63) is 11.9 Å². The number of aryl methyl sites for hydroxylation is 1. The van der Waals surface area contributed by atoms with E-state index in [9.17, 15) is 13.2 Å². The minimum absolute atomic E-state index is 0.0315. The van der Waals surface area contributed by atoms with Crippen molar-refractivity contribution < 1.29 is 17.8 Å². The van der Waals surface area contributed by atoms with Gasteiger partial charge in [-0.25, -0.2) is 0 Å². The zero-order chi connectivity index (χ0) is 15.3. The fourth-order valence-corrected chi connectivity index (χ4v) is 2.55. The standard InChI is InChI=1S/C13H20BF3N2O/c1-9-10(6-19(18-9)8-13(15,16)17)14-7-11(2,3)12(4,5)20-14/h6H,7-8H2,1-5H3. The van der Waals surface area contributed by atoms with Gasteiger partial charge in [-0.1, -0.05) is 13.8 Å². The molecule has 0 radical (unpaired) electrons. The van der Waals surface area contributed by atoms with Gasteiger partial charge >= 0.3 is 13.1 Å². The fourth-order valence-electron chi connectivity index (χ4n) is 2.55. The Labute approximate surface area is 117 Å². The van der Waals surface area contributed by atoms with Gasteiger partial charge in [0.1, 0.15) is 6.54 Å². The molecule has 0 aromatic carbocycles. The molecule has 1 aliphatic heterocycles. The lowest BCUT2D eigenvalue weighted by Crippen LogP contribution is -2.36. The summed E-state index contributed by atoms with van der Waals surface area (Å²) in [7, 11) is 0. The average molecular weight is 288 g/mol. The van der Waals surface area contributed by atoms with Gasteiger partial charge < -0.3 is 4.65 Å². The summed E-state index contributed by atoms with van der Waals surface area (Å²) >= 11 is 0. The van der Waals surface area contributed by atoms with Crippen molar-refractivity contribution in [2.75, 3.05) is 0 Å². The second-order valence-corrected chi connectivity index (χ2v) is 6.69. The van der Waals surface area contributed by atoms with E-state index in [0.29, 0.717) is 5.69 Å². The molecule has 2 heterocycles. The molecule has 0 bridgehead atoms. The Kier molecular flexibility index (Phi) is 3.48. The molecule has 20 heavy (non-hydrogen) atoms. The molecule has 112 valence electrons. The Morgan fingerprint density at radius 1 is 1.35 bits per heavy atom. The number of hydrogen-bond donors (Lipinski definition) is 0. The third kappa shape index (κ3) is 2.87. The molecular weight excluding hydrogens is 268 g/mol. The smallest absolute Gasteiger partial charge is 0.408 e. The van der Waals surface area contributed by atoms with Gasteiger partial charge in [0.25, 0.3) is 0 Å². The molecule has 1 fully saturated rings. The molecule has 7 heteroatoms. The lowest BCUT2D eigenvalue weighted by Gasteiger charge is -2.34. The molecule has 1 aromatic rings. The third-order valence-corrected chi connectivity index (χ3v) is 4.43. The van der Waals surface area contributed by atoms with E-state index in [0.717, 1.165) is 16.5 Å². The molecule has 0 atom stereocenters. The second-order valence-electron chi connectivity index (χ2n) is 6.69. The van der Waals surface area contributed by atoms with E-state index >= 15 is 0 Å². The summed E-state index contributed by atoms with van der Waals surface area (Å²) in [6.07, 6.45) is -2.02. The summed E-state index contributed by atoms with van der Waals surface area (Å²) in [6, 6.07) is 0. The van der Waals surface area contributed by atoms with Gasteiger partial charge in [-0.3, -0.25) is 4.68 Å². The number of rotatable bonds is 2. The van der Waals surface area contributed by atoms with Crippen molar-refractivity contribution in [3.63, 3.8) is 0 Å². The Morgan fingerprint density at radius 3 is 2.40 bits per heavy atom. The van der Waals surface area contributed by atoms with Gasteiger partial charge in [0.2, 0.25) is 0 Å². The highest BCUT2D eigenvalue weighted by Gasteiger charge is 2.50. The lowest BCUT2D eigenvalue weighted by atomic mass is 9.54. The van der Waals surface area contributed by atoms with E-state index in [2.05, 4.69) is 18.9 Å². The van der Waals surface area contributed by atoms with Crippen molar-refractivity contribution in [1.82, 2.24) is 9.78 Å². The van der Waals surface area contributed by atoms with Crippen molar-refractivity contribution in [3.8, 4) is 0 Å². The molecular formula is C13H20BF3N2O. The van der Waals surface area contributed by atoms with Crippen LogP contribution in [0.1, 0.15) is 33.4 Å². The van der Waals surface area contributed by atoms with Crippen LogP contribution in [-0.4, -0.2) is 28.5 Å². The Hall–Kier alpha value is -0.975. The normalized spacial score (nSPS) is 21.5. The van der Waals surface area contributed by atoms with Crippen LogP contribution in [0.15, 0.2) is 6.20 Å². The van der Waals surface area contributed by atoms with Crippen LogP contribution in [0.2, 0.25) is 6.32 Å². The van der Waals surface area contributed by atoms with Crippen LogP contribution in [0, 0.1) is 12.3 Å². The first-order valence-electron chi connectivity index (χ1n) is 6.70. The summed E-state index contributed by atoms with van der Waals surface area (Å²) in [6.45, 7) is 8.73. The maximum absolute atomic E-state index is 12.4. The topological polar surface area (TPSA) is 27.1 Å². The van der Waals surface area contributed by atoms with Crippen LogP contribution in [0.25, 0.3) is 0 Å². The van der Waals surface area contributed by atoms with E-state index in [1.807, 2.05) is 13.8 Å². The highest BCUT2D eigenvalue weighted by Crippen LogP contribution is 2.45. The van der Waals surface area contributed by atoms with Crippen LogP contribution in [0.5, 0.6) is 0 Å². The van der Waals surface area contributed by atoms with E-state index < -0.39 is 12.7 Å². The molecule has 0 saturated carbocycles. The van der Waals surface area contributed by atoms with E-state index in [-0.39, 0.29) is 17.9 Å². The van der Waals surface area contributed by atoms with E-state index in [4.69, 9.17) is 4.65 Å². The van der Waals surface area contributed by atoms with Crippen molar-refractivity contribution in [2.24, 2.45) is 5.41 Å². The molecule has 2 rings (SSSR count). The van der Waals surface area contributed by atoms with Crippen LogP contribution in [0.3, 0.4) is 0 Å². The van der Waals surface area contributed by atoms with Crippen LogP contribution < -0.4 is 5.46 Å². The third-order valence-electron chi connectivity index (χ3n) is 4.43. The van der Waals surface area contributed by atoms with Crippen LogP contribution in [-0.2, 0) is 11.2 Å². The Morgan fingerprint density at radius 2 is 1.95 bits per heavy atom. The molecule has 1 saturated heterocycles. The highest BCUT2D eigenvalue weighted by atomic mass is 19.4. The van der Waals surface area contributed by atoms with Gasteiger partial charge in [-0.15, -0.1) is 0 Å². The van der Waals surface area contributed by atoms with Crippen molar-refractivity contribution in [1.29, 1.82) is 0 Å². The molecule has 1 aromatic heterocycles.